The Morgan fingerprint density at radius 1 is 1.32 bits per heavy atom. The highest BCUT2D eigenvalue weighted by molar-refractivity contribution is 5.95. The molecule has 0 aromatic heterocycles. The van der Waals surface area contributed by atoms with E-state index in [-0.39, 0.29) is 12.5 Å². The fraction of sp³-hybridized carbons (Fsp3) is 0.385. The van der Waals surface area contributed by atoms with E-state index in [1.165, 1.54) is 12.0 Å². The lowest BCUT2D eigenvalue weighted by Gasteiger charge is -2.20. The van der Waals surface area contributed by atoms with Gasteiger partial charge in [-0.1, -0.05) is 6.07 Å². The molecule has 1 N–H and O–H groups in total. The molecule has 0 unspecified atom stereocenters. The molecule has 1 amide bonds. The summed E-state index contributed by atoms with van der Waals surface area (Å²) in [6.07, 6.45) is 0. The van der Waals surface area contributed by atoms with Gasteiger partial charge in [0, 0.05) is 7.05 Å². The van der Waals surface area contributed by atoms with Crippen molar-refractivity contribution in [1.29, 1.82) is 0 Å². The summed E-state index contributed by atoms with van der Waals surface area (Å²) >= 11 is 0. The van der Waals surface area contributed by atoms with Gasteiger partial charge in [-0.15, -0.1) is 0 Å². The van der Waals surface area contributed by atoms with Crippen molar-refractivity contribution in [2.45, 2.75) is 6.92 Å². The van der Waals surface area contributed by atoms with Crippen LogP contribution in [0.4, 0.5) is 5.69 Å². The quantitative estimate of drug-likeness (QED) is 0.834. The highest BCUT2D eigenvalue weighted by Crippen LogP contribution is 2.28. The van der Waals surface area contributed by atoms with Gasteiger partial charge in [-0.05, 0) is 24.6 Å². The van der Waals surface area contributed by atoms with E-state index >= 15 is 0 Å². The first-order valence-corrected chi connectivity index (χ1v) is 5.66. The SMILES string of the molecule is COc1ccc(C)cc1N(C)C(=O)COCC(=O)O. The standard InChI is InChI=1S/C13H17NO5/c1-9-4-5-11(18-3)10(6-9)14(2)12(15)7-19-8-13(16)17/h4-6H,7-8H2,1-3H3,(H,16,17). The second-order valence-corrected chi connectivity index (χ2v) is 4.01. The van der Waals surface area contributed by atoms with E-state index in [1.54, 1.807) is 13.1 Å². The molecule has 0 heterocycles. The Bertz CT molecular complexity index is 472. The number of rotatable bonds is 6. The van der Waals surface area contributed by atoms with Gasteiger partial charge in [0.1, 0.15) is 19.0 Å². The average Bonchev–Trinajstić information content (AvgIpc) is 2.37. The maximum Gasteiger partial charge on any atom is 0.329 e. The van der Waals surface area contributed by atoms with E-state index in [9.17, 15) is 9.59 Å². The van der Waals surface area contributed by atoms with Gasteiger partial charge in [-0.25, -0.2) is 4.79 Å². The van der Waals surface area contributed by atoms with Gasteiger partial charge < -0.3 is 19.5 Å². The van der Waals surface area contributed by atoms with Crippen LogP contribution in [0.25, 0.3) is 0 Å². The molecular weight excluding hydrogens is 250 g/mol. The topological polar surface area (TPSA) is 76.1 Å². The Morgan fingerprint density at radius 3 is 2.58 bits per heavy atom. The molecule has 1 rings (SSSR count). The number of nitrogens with zero attached hydrogens (tertiary/aromatic N) is 1. The van der Waals surface area contributed by atoms with Crippen molar-refractivity contribution < 1.29 is 24.2 Å². The van der Waals surface area contributed by atoms with Crippen LogP contribution in [-0.2, 0) is 14.3 Å². The summed E-state index contributed by atoms with van der Waals surface area (Å²) in [6, 6.07) is 5.46. The summed E-state index contributed by atoms with van der Waals surface area (Å²) in [5, 5.41) is 8.43. The Morgan fingerprint density at radius 2 is 2.00 bits per heavy atom. The number of hydrogen-bond donors (Lipinski definition) is 1. The number of ether oxygens (including phenoxy) is 2. The van der Waals surface area contributed by atoms with Gasteiger partial charge in [-0.3, -0.25) is 4.79 Å². The molecule has 0 aliphatic rings. The molecule has 0 aliphatic heterocycles. The Labute approximate surface area is 111 Å². The van der Waals surface area contributed by atoms with Crippen LogP contribution >= 0.6 is 0 Å². The molecule has 6 nitrogen and oxygen atoms in total. The minimum atomic E-state index is -1.11. The lowest BCUT2D eigenvalue weighted by Crippen LogP contribution is -2.31. The van der Waals surface area contributed by atoms with E-state index in [4.69, 9.17) is 14.6 Å². The van der Waals surface area contributed by atoms with Crippen LogP contribution in [0.15, 0.2) is 18.2 Å². The molecule has 0 atom stereocenters. The van der Waals surface area contributed by atoms with Crippen LogP contribution in [0.1, 0.15) is 5.56 Å². The van der Waals surface area contributed by atoms with Crippen molar-refractivity contribution >= 4 is 17.6 Å². The zero-order chi connectivity index (χ0) is 14.4. The molecular formula is C13H17NO5. The van der Waals surface area contributed by atoms with Gasteiger partial charge >= 0.3 is 5.97 Å². The summed E-state index contributed by atoms with van der Waals surface area (Å²) < 4.78 is 9.96. The van der Waals surface area contributed by atoms with Gasteiger partial charge in [-0.2, -0.15) is 0 Å². The summed E-state index contributed by atoms with van der Waals surface area (Å²) in [4.78, 5) is 23.5. The van der Waals surface area contributed by atoms with Gasteiger partial charge in [0.05, 0.1) is 12.8 Å². The minimum Gasteiger partial charge on any atom is -0.495 e. The van der Waals surface area contributed by atoms with Crippen LogP contribution in [0.3, 0.4) is 0 Å². The number of aryl methyl sites for hydroxylation is 1. The number of anilines is 1. The van der Waals surface area contributed by atoms with Gasteiger partial charge in [0.25, 0.3) is 5.91 Å². The number of likely N-dealkylation sites (N-methyl/N-ethyl adjacent to an activating group) is 1. The number of methoxy groups -OCH3 is 1. The minimum absolute atomic E-state index is 0.292. The number of hydrogen-bond acceptors (Lipinski definition) is 4. The molecule has 1 aromatic carbocycles. The van der Waals surface area contributed by atoms with E-state index in [1.807, 2.05) is 19.1 Å². The summed E-state index contributed by atoms with van der Waals surface area (Å²) in [6.45, 7) is 1.12. The van der Waals surface area contributed by atoms with E-state index in [2.05, 4.69) is 0 Å². The Kier molecular flexibility index (Phi) is 5.32. The summed E-state index contributed by atoms with van der Waals surface area (Å²) in [5.74, 6) is -0.881. The lowest BCUT2D eigenvalue weighted by atomic mass is 10.2. The molecule has 0 bridgehead atoms. The molecule has 6 heteroatoms. The largest absolute Gasteiger partial charge is 0.495 e. The molecule has 0 saturated heterocycles. The van der Waals surface area contributed by atoms with Gasteiger partial charge in [0.2, 0.25) is 0 Å². The van der Waals surface area contributed by atoms with Crippen LogP contribution in [0.2, 0.25) is 0 Å². The number of carboxylic acids is 1. The maximum atomic E-state index is 11.9. The number of benzene rings is 1. The number of carbonyl (C=O) groups is 2. The zero-order valence-corrected chi connectivity index (χ0v) is 11.2. The predicted molar refractivity (Wildman–Crippen MR) is 69.6 cm³/mol. The first-order valence-electron chi connectivity index (χ1n) is 5.66. The second-order valence-electron chi connectivity index (χ2n) is 4.01. The first-order chi connectivity index (χ1) is 8.95. The average molecular weight is 267 g/mol. The summed E-state index contributed by atoms with van der Waals surface area (Å²) in [7, 11) is 3.11. The number of aliphatic carboxylic acids is 1. The van der Waals surface area contributed by atoms with Crippen LogP contribution in [-0.4, -0.2) is 44.4 Å². The molecule has 0 spiro atoms. The Balaban J connectivity index is 2.75. The Hall–Kier alpha value is -2.08. The predicted octanol–water partition coefficient (Wildman–Crippen LogP) is 1.07. The lowest BCUT2D eigenvalue weighted by molar-refractivity contribution is -0.143. The van der Waals surface area contributed by atoms with Crippen LogP contribution in [0, 0.1) is 6.92 Å². The molecule has 0 fully saturated rings. The fourth-order valence-electron chi connectivity index (χ4n) is 1.52. The van der Waals surface area contributed by atoms with Crippen molar-refractivity contribution in [3.8, 4) is 5.75 Å². The van der Waals surface area contributed by atoms with Crippen molar-refractivity contribution in [2.75, 3.05) is 32.3 Å². The molecule has 0 aliphatic carbocycles. The smallest absolute Gasteiger partial charge is 0.329 e. The van der Waals surface area contributed by atoms with E-state index < -0.39 is 12.6 Å². The number of amides is 1. The molecule has 104 valence electrons. The van der Waals surface area contributed by atoms with Gasteiger partial charge in [0.15, 0.2) is 0 Å². The number of carboxylic acid groups (broad SMARTS) is 1. The third-order valence-electron chi connectivity index (χ3n) is 2.52. The van der Waals surface area contributed by atoms with Crippen molar-refractivity contribution in [2.24, 2.45) is 0 Å². The maximum absolute atomic E-state index is 11.9. The van der Waals surface area contributed by atoms with Crippen LogP contribution in [0.5, 0.6) is 5.75 Å². The van der Waals surface area contributed by atoms with Crippen molar-refractivity contribution in [1.82, 2.24) is 0 Å². The number of carbonyl (C=O) groups excluding carboxylic acids is 1. The molecule has 1 aromatic rings. The third kappa shape index (κ3) is 4.26. The van der Waals surface area contributed by atoms with Crippen molar-refractivity contribution in [3.63, 3.8) is 0 Å². The highest BCUT2D eigenvalue weighted by Gasteiger charge is 2.16. The monoisotopic (exact) mass is 267 g/mol. The van der Waals surface area contributed by atoms with E-state index in [0.29, 0.717) is 11.4 Å². The van der Waals surface area contributed by atoms with E-state index in [0.717, 1.165) is 5.56 Å². The fourth-order valence-corrected chi connectivity index (χ4v) is 1.52. The van der Waals surface area contributed by atoms with Crippen LogP contribution < -0.4 is 9.64 Å². The first kappa shape index (κ1) is 15.0. The highest BCUT2D eigenvalue weighted by atomic mass is 16.5. The second kappa shape index (κ2) is 6.75. The van der Waals surface area contributed by atoms with Crippen molar-refractivity contribution in [3.05, 3.63) is 23.8 Å². The third-order valence-corrected chi connectivity index (χ3v) is 2.52. The zero-order valence-electron chi connectivity index (χ0n) is 11.2. The normalized spacial score (nSPS) is 10.1. The molecule has 19 heavy (non-hydrogen) atoms. The summed E-state index contributed by atoms with van der Waals surface area (Å²) in [5.41, 5.74) is 1.60. The molecule has 0 radical (unpaired) electrons. The molecule has 0 saturated carbocycles.